The van der Waals surface area contributed by atoms with Crippen LogP contribution in [0.2, 0.25) is 0 Å². The van der Waals surface area contributed by atoms with Crippen LogP contribution in [-0.4, -0.2) is 22.2 Å². The topological polar surface area (TPSA) is 88.0 Å². The van der Waals surface area contributed by atoms with Crippen molar-refractivity contribution in [3.8, 4) is 0 Å². The van der Waals surface area contributed by atoms with Crippen molar-refractivity contribution in [2.75, 3.05) is 5.43 Å². The molecule has 2 aromatic carbocycles. The fraction of sp³-hybridized carbons (Fsp3) is 0.100. The lowest BCUT2D eigenvalue weighted by molar-refractivity contribution is 1.04. The maximum atomic E-state index is 5.97. The zero-order chi connectivity index (χ0) is 17.8. The van der Waals surface area contributed by atoms with E-state index in [0.29, 0.717) is 11.5 Å². The lowest BCUT2D eigenvalue weighted by atomic mass is 10.0. The minimum Gasteiger partial charge on any atom is -0.380 e. The molecule has 1 aliphatic rings. The summed E-state index contributed by atoms with van der Waals surface area (Å²) >= 11 is 0. The average Bonchev–Trinajstić information content (AvgIpc) is 3.05. The Morgan fingerprint density at radius 2 is 1.81 bits per heavy atom. The highest BCUT2D eigenvalue weighted by Gasteiger charge is 2.19. The lowest BCUT2D eigenvalue weighted by Gasteiger charge is -2.07. The summed E-state index contributed by atoms with van der Waals surface area (Å²) in [5.41, 5.74) is 12.6. The van der Waals surface area contributed by atoms with Crippen LogP contribution >= 0.6 is 0 Å². The van der Waals surface area contributed by atoms with Crippen molar-refractivity contribution in [2.45, 2.75) is 12.8 Å². The maximum Gasteiger partial charge on any atom is 0.175 e. The standard InChI is InChI=1S/C20H18N6/c21-20-19(18(24-26-20)10-9-14-5-2-1-3-6-14)25-23-17-8-4-7-15-13-22-12-11-16(15)17/h1-8,11-13,23H,9-10H2,(H2,21,25,26). The van der Waals surface area contributed by atoms with Gasteiger partial charge in [0.1, 0.15) is 0 Å². The molecular formula is C20H18N6. The van der Waals surface area contributed by atoms with Crippen LogP contribution in [0.25, 0.3) is 10.8 Å². The van der Waals surface area contributed by atoms with E-state index < -0.39 is 0 Å². The molecule has 4 rings (SSSR count). The Kier molecular flexibility index (Phi) is 4.38. The molecular weight excluding hydrogens is 324 g/mol. The van der Waals surface area contributed by atoms with Crippen LogP contribution in [0.3, 0.4) is 0 Å². The first-order chi connectivity index (χ1) is 12.8. The van der Waals surface area contributed by atoms with Crippen molar-refractivity contribution in [3.63, 3.8) is 0 Å². The molecule has 6 heteroatoms. The molecule has 6 nitrogen and oxygen atoms in total. The highest BCUT2D eigenvalue weighted by atomic mass is 15.3. The molecule has 0 unspecified atom stereocenters. The number of nitrogens with zero attached hydrogens (tertiary/aromatic N) is 4. The van der Waals surface area contributed by atoms with E-state index in [1.807, 2.05) is 48.7 Å². The number of benzene rings is 2. The van der Waals surface area contributed by atoms with Crippen LogP contribution in [0.5, 0.6) is 0 Å². The van der Waals surface area contributed by atoms with Crippen LogP contribution in [0.4, 0.5) is 5.69 Å². The maximum absolute atomic E-state index is 5.97. The Bertz CT molecular complexity index is 1020. The van der Waals surface area contributed by atoms with E-state index in [1.165, 1.54) is 5.56 Å². The molecule has 1 aromatic heterocycles. The lowest BCUT2D eigenvalue weighted by Crippen LogP contribution is -2.28. The molecule has 0 radical (unpaired) electrons. The van der Waals surface area contributed by atoms with E-state index in [1.54, 1.807) is 6.20 Å². The van der Waals surface area contributed by atoms with Crippen molar-refractivity contribution in [1.29, 1.82) is 0 Å². The molecule has 1 aliphatic heterocycles. The van der Waals surface area contributed by atoms with E-state index in [2.05, 4.69) is 37.8 Å². The van der Waals surface area contributed by atoms with Gasteiger partial charge in [0.15, 0.2) is 11.5 Å². The Morgan fingerprint density at radius 3 is 2.69 bits per heavy atom. The second-order valence-electron chi connectivity index (χ2n) is 5.99. The Morgan fingerprint density at radius 1 is 0.923 bits per heavy atom. The van der Waals surface area contributed by atoms with Gasteiger partial charge in [0.25, 0.3) is 0 Å². The van der Waals surface area contributed by atoms with Gasteiger partial charge in [-0.05, 0) is 30.5 Å². The minimum atomic E-state index is 0.336. The summed E-state index contributed by atoms with van der Waals surface area (Å²) in [4.78, 5) is 4.15. The Balaban J connectivity index is 1.53. The molecule has 0 saturated heterocycles. The summed E-state index contributed by atoms with van der Waals surface area (Å²) in [6.45, 7) is 0. The van der Waals surface area contributed by atoms with Crippen molar-refractivity contribution >= 4 is 33.7 Å². The summed E-state index contributed by atoms with van der Waals surface area (Å²) in [6, 6.07) is 18.2. The summed E-state index contributed by atoms with van der Waals surface area (Å²) in [7, 11) is 0. The number of nitrogens with two attached hydrogens (primary N) is 1. The van der Waals surface area contributed by atoms with Gasteiger partial charge >= 0.3 is 0 Å². The largest absolute Gasteiger partial charge is 0.380 e. The zero-order valence-electron chi connectivity index (χ0n) is 14.1. The monoisotopic (exact) mass is 342 g/mol. The third-order valence-electron chi connectivity index (χ3n) is 4.26. The quantitative estimate of drug-likeness (QED) is 0.697. The van der Waals surface area contributed by atoms with E-state index >= 15 is 0 Å². The number of hydrogen-bond acceptors (Lipinski definition) is 6. The fourth-order valence-corrected chi connectivity index (χ4v) is 2.89. The molecule has 0 amide bonds. The summed E-state index contributed by atoms with van der Waals surface area (Å²) in [5.74, 6) is 0.336. The predicted octanol–water partition coefficient (Wildman–Crippen LogP) is 3.36. The average molecular weight is 342 g/mol. The fourth-order valence-electron chi connectivity index (χ4n) is 2.89. The number of hydrazone groups is 1. The van der Waals surface area contributed by atoms with E-state index in [9.17, 15) is 0 Å². The third kappa shape index (κ3) is 3.30. The number of aromatic nitrogens is 1. The van der Waals surface area contributed by atoms with E-state index in [4.69, 9.17) is 5.73 Å². The predicted molar refractivity (Wildman–Crippen MR) is 107 cm³/mol. The Hall–Kier alpha value is -3.54. The van der Waals surface area contributed by atoms with Crippen molar-refractivity contribution in [2.24, 2.45) is 21.0 Å². The van der Waals surface area contributed by atoms with Crippen molar-refractivity contribution < 1.29 is 0 Å². The van der Waals surface area contributed by atoms with Crippen LogP contribution in [-0.2, 0) is 6.42 Å². The number of nitrogens with one attached hydrogen (secondary N) is 1. The number of amidine groups is 1. The first kappa shape index (κ1) is 16.0. The number of hydrogen-bond donors (Lipinski definition) is 2. The highest BCUT2D eigenvalue weighted by Crippen LogP contribution is 2.22. The number of rotatable bonds is 5. The number of pyridine rings is 1. The molecule has 128 valence electrons. The summed E-state index contributed by atoms with van der Waals surface area (Å²) in [6.07, 6.45) is 5.18. The summed E-state index contributed by atoms with van der Waals surface area (Å²) < 4.78 is 0. The van der Waals surface area contributed by atoms with Crippen LogP contribution in [0.1, 0.15) is 12.0 Å². The number of fused-ring (bicyclic) bond motifs is 1. The van der Waals surface area contributed by atoms with Crippen LogP contribution in [0, 0.1) is 0 Å². The van der Waals surface area contributed by atoms with Crippen molar-refractivity contribution in [3.05, 3.63) is 72.6 Å². The Labute approximate surface area is 151 Å². The highest BCUT2D eigenvalue weighted by molar-refractivity contribution is 6.69. The van der Waals surface area contributed by atoms with Gasteiger partial charge in [0.2, 0.25) is 0 Å². The van der Waals surface area contributed by atoms with Crippen LogP contribution in [0.15, 0.2) is 82.3 Å². The molecule has 0 bridgehead atoms. The first-order valence-electron chi connectivity index (χ1n) is 8.42. The molecule has 2 heterocycles. The van der Waals surface area contributed by atoms with Gasteiger partial charge in [-0.1, -0.05) is 42.5 Å². The van der Waals surface area contributed by atoms with Crippen molar-refractivity contribution in [1.82, 2.24) is 4.98 Å². The molecule has 3 aromatic rings. The van der Waals surface area contributed by atoms with E-state index in [0.717, 1.165) is 35.0 Å². The molecule has 0 spiro atoms. The summed E-state index contributed by atoms with van der Waals surface area (Å²) in [5, 5.41) is 14.7. The molecule has 0 aliphatic carbocycles. The van der Waals surface area contributed by atoms with E-state index in [-0.39, 0.29) is 0 Å². The first-order valence-corrected chi connectivity index (χ1v) is 8.42. The van der Waals surface area contributed by atoms with Gasteiger partial charge in [0.05, 0.1) is 11.4 Å². The normalized spacial score (nSPS) is 15.2. The minimum absolute atomic E-state index is 0.336. The van der Waals surface area contributed by atoms with Gasteiger partial charge in [-0.25, -0.2) is 0 Å². The third-order valence-corrected chi connectivity index (χ3v) is 4.26. The molecule has 0 fully saturated rings. The van der Waals surface area contributed by atoms with Gasteiger partial charge in [-0.15, -0.1) is 5.10 Å². The molecule has 3 N–H and O–H groups in total. The SMILES string of the molecule is NC1=NN=C(CCc2ccccc2)/C1=N\Nc1cccc2cnccc12. The number of anilines is 1. The molecule has 26 heavy (non-hydrogen) atoms. The van der Waals surface area contributed by atoms with Crippen LogP contribution < -0.4 is 11.2 Å². The molecule has 0 saturated carbocycles. The second kappa shape index (κ2) is 7.14. The van der Waals surface area contributed by atoms with Gasteiger partial charge < -0.3 is 5.73 Å². The zero-order valence-corrected chi connectivity index (χ0v) is 14.1. The number of aryl methyl sites for hydroxylation is 1. The smallest absolute Gasteiger partial charge is 0.175 e. The van der Waals surface area contributed by atoms with Gasteiger partial charge in [0, 0.05) is 23.2 Å². The van der Waals surface area contributed by atoms with Gasteiger partial charge in [-0.3, -0.25) is 10.4 Å². The second-order valence-corrected chi connectivity index (χ2v) is 5.99. The molecule has 0 atom stereocenters. The van der Waals surface area contributed by atoms with Gasteiger partial charge in [-0.2, -0.15) is 10.2 Å².